The van der Waals surface area contributed by atoms with Crippen LogP contribution < -0.4 is 0 Å². The predicted molar refractivity (Wildman–Crippen MR) is 68.7 cm³/mol. The van der Waals surface area contributed by atoms with Crippen LogP contribution in [0.3, 0.4) is 0 Å². The molecule has 1 aliphatic rings. The number of amides is 1. The molecule has 100 valence electrons. The predicted octanol–water partition coefficient (Wildman–Crippen LogP) is 2.02. The quantitative estimate of drug-likeness (QED) is 0.787. The van der Waals surface area contributed by atoms with E-state index in [0.717, 1.165) is 37.0 Å². The molecule has 0 saturated carbocycles. The van der Waals surface area contributed by atoms with Gasteiger partial charge in [0.2, 0.25) is 0 Å². The highest BCUT2D eigenvalue weighted by atomic mass is 16.5. The maximum absolute atomic E-state index is 11.9. The van der Waals surface area contributed by atoms with Gasteiger partial charge in [-0.2, -0.15) is 5.10 Å². The van der Waals surface area contributed by atoms with Gasteiger partial charge in [-0.1, -0.05) is 0 Å². The summed E-state index contributed by atoms with van der Waals surface area (Å²) in [5.41, 5.74) is 1.95. The molecular weight excluding hydrogens is 244 g/mol. The van der Waals surface area contributed by atoms with Crippen LogP contribution in [0.25, 0.3) is 5.52 Å². The molecule has 19 heavy (non-hydrogen) atoms. The summed E-state index contributed by atoms with van der Waals surface area (Å²) in [6.45, 7) is 0.732. The van der Waals surface area contributed by atoms with Gasteiger partial charge in [0, 0.05) is 6.54 Å². The average molecular weight is 260 g/mol. The minimum atomic E-state index is -0.270. The number of rotatable bonds is 1. The fourth-order valence-corrected chi connectivity index (χ4v) is 2.71. The molecule has 0 radical (unpaired) electrons. The van der Waals surface area contributed by atoms with Gasteiger partial charge in [-0.05, 0) is 31.4 Å². The molecule has 0 N–H and O–H groups in total. The summed E-state index contributed by atoms with van der Waals surface area (Å²) in [5, 5.41) is 4.26. The van der Waals surface area contributed by atoms with E-state index in [1.54, 1.807) is 11.1 Å². The van der Waals surface area contributed by atoms with Crippen molar-refractivity contribution in [2.24, 2.45) is 0 Å². The molecule has 1 unspecified atom stereocenters. The second-order valence-corrected chi connectivity index (χ2v) is 4.68. The van der Waals surface area contributed by atoms with Crippen molar-refractivity contribution in [3.63, 3.8) is 0 Å². The third-order valence-corrected chi connectivity index (χ3v) is 3.61. The zero-order valence-electron chi connectivity index (χ0n) is 10.8. The van der Waals surface area contributed by atoms with Crippen molar-refractivity contribution in [2.75, 3.05) is 13.7 Å². The van der Waals surface area contributed by atoms with Gasteiger partial charge in [0.25, 0.3) is 0 Å². The summed E-state index contributed by atoms with van der Waals surface area (Å²) in [6.07, 6.45) is 6.07. The molecular formula is C13H16N4O2. The molecule has 3 heterocycles. The van der Waals surface area contributed by atoms with E-state index in [4.69, 9.17) is 4.74 Å². The lowest BCUT2D eigenvalue weighted by molar-refractivity contribution is 0.0877. The first-order valence-electron chi connectivity index (χ1n) is 6.43. The van der Waals surface area contributed by atoms with E-state index in [2.05, 4.69) is 10.1 Å². The number of methoxy groups -OCH3 is 1. The van der Waals surface area contributed by atoms with E-state index in [1.165, 1.54) is 13.4 Å². The van der Waals surface area contributed by atoms with Crippen molar-refractivity contribution in [2.45, 2.75) is 25.3 Å². The highest BCUT2D eigenvalue weighted by Gasteiger charge is 2.30. The van der Waals surface area contributed by atoms with E-state index in [1.807, 2.05) is 16.6 Å². The molecule has 1 atom stereocenters. The van der Waals surface area contributed by atoms with Gasteiger partial charge in [0.1, 0.15) is 6.33 Å². The fraction of sp³-hybridized carbons (Fsp3) is 0.462. The van der Waals surface area contributed by atoms with Gasteiger partial charge in [-0.3, -0.25) is 4.90 Å². The monoisotopic (exact) mass is 260 g/mol. The molecule has 6 nitrogen and oxygen atoms in total. The smallest absolute Gasteiger partial charge is 0.410 e. The molecule has 1 saturated heterocycles. The number of piperidine rings is 1. The third-order valence-electron chi connectivity index (χ3n) is 3.61. The van der Waals surface area contributed by atoms with E-state index in [-0.39, 0.29) is 12.1 Å². The summed E-state index contributed by atoms with van der Waals surface area (Å²) in [7, 11) is 1.42. The topological polar surface area (TPSA) is 59.7 Å². The second kappa shape index (κ2) is 4.87. The zero-order chi connectivity index (χ0) is 13.2. The highest BCUT2D eigenvalue weighted by Crippen LogP contribution is 2.31. The first-order chi connectivity index (χ1) is 9.31. The Morgan fingerprint density at radius 3 is 3.16 bits per heavy atom. The largest absolute Gasteiger partial charge is 0.453 e. The number of carbonyl (C=O) groups is 1. The van der Waals surface area contributed by atoms with Crippen LogP contribution in [0.5, 0.6) is 0 Å². The van der Waals surface area contributed by atoms with Crippen molar-refractivity contribution >= 4 is 11.6 Å². The number of nitrogens with zero attached hydrogens (tertiary/aromatic N) is 4. The molecule has 1 fully saturated rings. The maximum atomic E-state index is 11.9. The summed E-state index contributed by atoms with van der Waals surface area (Å²) >= 11 is 0. The number of carbonyl (C=O) groups excluding carboxylic acids is 1. The molecule has 1 amide bonds. The average Bonchev–Trinajstić information content (AvgIpc) is 2.90. The Balaban J connectivity index is 2.00. The van der Waals surface area contributed by atoms with Gasteiger partial charge in [0.15, 0.2) is 0 Å². The standard InChI is InChI=1S/C13H16N4O2/c1-19-13(18)16-7-3-2-4-11(16)12-6-5-10-8-14-9-15-17(10)12/h5-6,8-9,11H,2-4,7H2,1H3. The Bertz CT molecular complexity index is 595. The van der Waals surface area contributed by atoms with Crippen LogP contribution in [0.4, 0.5) is 4.79 Å². The van der Waals surface area contributed by atoms with Crippen LogP contribution in [0, 0.1) is 0 Å². The third kappa shape index (κ3) is 2.03. The molecule has 0 aliphatic carbocycles. The molecule has 0 aromatic carbocycles. The molecule has 0 spiro atoms. The van der Waals surface area contributed by atoms with E-state index in [9.17, 15) is 4.79 Å². The Hall–Kier alpha value is -2.11. The normalized spacial score (nSPS) is 19.6. The molecule has 0 bridgehead atoms. The molecule has 2 aromatic rings. The van der Waals surface area contributed by atoms with Crippen molar-refractivity contribution in [3.8, 4) is 0 Å². The Morgan fingerprint density at radius 1 is 1.42 bits per heavy atom. The Morgan fingerprint density at radius 2 is 2.32 bits per heavy atom. The van der Waals surface area contributed by atoms with Gasteiger partial charge >= 0.3 is 6.09 Å². The van der Waals surface area contributed by atoms with Crippen LogP contribution >= 0.6 is 0 Å². The summed E-state index contributed by atoms with van der Waals surface area (Å²) in [5.74, 6) is 0. The van der Waals surface area contributed by atoms with E-state index < -0.39 is 0 Å². The van der Waals surface area contributed by atoms with Crippen LogP contribution in [0.1, 0.15) is 31.0 Å². The first-order valence-corrected chi connectivity index (χ1v) is 6.43. The van der Waals surface area contributed by atoms with Crippen molar-refractivity contribution < 1.29 is 9.53 Å². The van der Waals surface area contributed by atoms with Gasteiger partial charge in [-0.25, -0.2) is 14.3 Å². The van der Waals surface area contributed by atoms with Crippen LogP contribution in [-0.4, -0.2) is 39.2 Å². The summed E-state index contributed by atoms with van der Waals surface area (Å²) in [4.78, 5) is 17.7. The summed E-state index contributed by atoms with van der Waals surface area (Å²) < 4.78 is 6.72. The van der Waals surface area contributed by atoms with Crippen molar-refractivity contribution in [3.05, 3.63) is 30.4 Å². The van der Waals surface area contributed by atoms with Gasteiger partial charge < -0.3 is 4.74 Å². The Kier molecular flexibility index (Phi) is 3.06. The zero-order valence-corrected chi connectivity index (χ0v) is 10.8. The number of hydrogen-bond donors (Lipinski definition) is 0. The van der Waals surface area contributed by atoms with Gasteiger partial charge in [0.05, 0.1) is 30.6 Å². The lowest BCUT2D eigenvalue weighted by Crippen LogP contribution is -2.39. The highest BCUT2D eigenvalue weighted by molar-refractivity contribution is 5.68. The van der Waals surface area contributed by atoms with Crippen molar-refractivity contribution in [1.82, 2.24) is 19.5 Å². The fourth-order valence-electron chi connectivity index (χ4n) is 2.71. The molecule has 2 aromatic heterocycles. The van der Waals surface area contributed by atoms with Crippen LogP contribution in [0.15, 0.2) is 24.7 Å². The number of fused-ring (bicyclic) bond motifs is 1. The van der Waals surface area contributed by atoms with E-state index in [0.29, 0.717) is 0 Å². The maximum Gasteiger partial charge on any atom is 0.410 e. The molecule has 6 heteroatoms. The number of ether oxygens (including phenoxy) is 1. The minimum absolute atomic E-state index is 0.0265. The molecule has 3 rings (SSSR count). The number of aromatic nitrogens is 3. The summed E-state index contributed by atoms with van der Waals surface area (Å²) in [6, 6.07) is 4.01. The lowest BCUT2D eigenvalue weighted by atomic mass is 10.00. The SMILES string of the molecule is COC(=O)N1CCCCC1c1ccc2cncnn12. The molecule has 1 aliphatic heterocycles. The first kappa shape index (κ1) is 12.0. The minimum Gasteiger partial charge on any atom is -0.453 e. The second-order valence-electron chi connectivity index (χ2n) is 4.68. The number of likely N-dealkylation sites (tertiary alicyclic amines) is 1. The van der Waals surface area contributed by atoms with Crippen LogP contribution in [-0.2, 0) is 4.74 Å². The Labute approximate surface area is 111 Å². The lowest BCUT2D eigenvalue weighted by Gasteiger charge is -2.34. The van der Waals surface area contributed by atoms with Crippen LogP contribution in [0.2, 0.25) is 0 Å². The van der Waals surface area contributed by atoms with E-state index >= 15 is 0 Å². The van der Waals surface area contributed by atoms with Crippen molar-refractivity contribution in [1.29, 1.82) is 0 Å². The number of hydrogen-bond acceptors (Lipinski definition) is 4. The van der Waals surface area contributed by atoms with Gasteiger partial charge in [-0.15, -0.1) is 0 Å².